The van der Waals surface area contributed by atoms with Gasteiger partial charge in [0.1, 0.15) is 10.6 Å². The second-order valence-corrected chi connectivity index (χ2v) is 5.81. The van der Waals surface area contributed by atoms with Gasteiger partial charge in [0, 0.05) is 19.3 Å². The number of amides is 1. The van der Waals surface area contributed by atoms with Crippen LogP contribution in [0.3, 0.4) is 0 Å². The van der Waals surface area contributed by atoms with Gasteiger partial charge < -0.3 is 16.0 Å². The molecule has 0 unspecified atom stereocenters. The van der Waals surface area contributed by atoms with E-state index in [0.717, 1.165) is 10.7 Å². The Balaban J connectivity index is 2.22. The number of nitrogen functional groups attached to an aromatic ring is 1. The van der Waals surface area contributed by atoms with Crippen LogP contribution in [0.15, 0.2) is 24.4 Å². The Morgan fingerprint density at radius 1 is 1.48 bits per heavy atom. The first-order valence-electron chi connectivity index (χ1n) is 6.66. The van der Waals surface area contributed by atoms with E-state index in [2.05, 4.69) is 14.7 Å². The molecule has 2 rings (SSSR count). The lowest BCUT2D eigenvalue weighted by atomic mass is 10.2. The van der Waals surface area contributed by atoms with Gasteiger partial charge in [-0.25, -0.2) is 0 Å². The van der Waals surface area contributed by atoms with Crippen molar-refractivity contribution in [2.75, 3.05) is 17.7 Å². The van der Waals surface area contributed by atoms with Gasteiger partial charge in [0.05, 0.1) is 12.2 Å². The first-order valence-corrected chi connectivity index (χ1v) is 7.43. The average molecular weight is 305 g/mol. The van der Waals surface area contributed by atoms with Crippen LogP contribution in [0.25, 0.3) is 0 Å². The fourth-order valence-electron chi connectivity index (χ4n) is 1.91. The van der Waals surface area contributed by atoms with Gasteiger partial charge in [0.25, 0.3) is 5.91 Å². The lowest BCUT2D eigenvalue weighted by Gasteiger charge is -2.18. The van der Waals surface area contributed by atoms with Crippen molar-refractivity contribution < 1.29 is 4.79 Å². The number of aromatic nitrogens is 2. The van der Waals surface area contributed by atoms with Gasteiger partial charge in [-0.2, -0.15) is 4.37 Å². The summed E-state index contributed by atoms with van der Waals surface area (Å²) in [5, 5.41) is 3.60. The molecule has 21 heavy (non-hydrogen) atoms. The number of pyridine rings is 1. The van der Waals surface area contributed by atoms with Crippen LogP contribution in [-0.2, 0) is 6.54 Å². The number of carbonyl (C=O) groups is 1. The molecular weight excluding hydrogens is 286 g/mol. The van der Waals surface area contributed by atoms with Crippen LogP contribution >= 0.6 is 11.5 Å². The van der Waals surface area contributed by atoms with Gasteiger partial charge in [-0.3, -0.25) is 9.78 Å². The lowest BCUT2D eigenvalue weighted by molar-refractivity contribution is 0.0944. The fraction of sp³-hybridized carbons (Fsp3) is 0.357. The van der Waals surface area contributed by atoms with Crippen molar-refractivity contribution in [1.82, 2.24) is 14.7 Å². The average Bonchev–Trinajstić information content (AvgIpc) is 2.81. The molecule has 7 heteroatoms. The molecule has 0 aliphatic rings. The predicted molar refractivity (Wildman–Crippen MR) is 85.5 cm³/mol. The predicted octanol–water partition coefficient (Wildman–Crippen LogP) is 1.89. The Labute approximate surface area is 128 Å². The first kappa shape index (κ1) is 15.2. The third-order valence-electron chi connectivity index (χ3n) is 2.82. The van der Waals surface area contributed by atoms with Crippen molar-refractivity contribution in [3.63, 3.8) is 0 Å². The van der Waals surface area contributed by atoms with Gasteiger partial charge in [0.15, 0.2) is 5.82 Å². The quantitative estimate of drug-likeness (QED) is 0.881. The minimum absolute atomic E-state index is 0.0470. The standard InChI is InChI=1S/C14H19N5OS/c1-9(2)17-13(20)11-12(15)18-21-14(11)19(3)8-10-6-4-5-7-16-10/h4-7,9H,8H2,1-3H3,(H2,15,18)(H,17,20). The molecular formula is C14H19N5OS. The summed E-state index contributed by atoms with van der Waals surface area (Å²) >= 11 is 1.22. The first-order chi connectivity index (χ1) is 9.99. The zero-order valence-corrected chi connectivity index (χ0v) is 13.1. The minimum atomic E-state index is -0.195. The van der Waals surface area contributed by atoms with Crippen LogP contribution in [0.2, 0.25) is 0 Å². The van der Waals surface area contributed by atoms with E-state index in [1.165, 1.54) is 11.5 Å². The molecule has 0 saturated carbocycles. The van der Waals surface area contributed by atoms with Crippen molar-refractivity contribution in [2.45, 2.75) is 26.4 Å². The second-order valence-electron chi connectivity index (χ2n) is 5.05. The largest absolute Gasteiger partial charge is 0.382 e. The Kier molecular flexibility index (Phi) is 4.74. The number of nitrogens with zero attached hydrogens (tertiary/aromatic N) is 3. The van der Waals surface area contributed by atoms with E-state index >= 15 is 0 Å². The molecule has 0 saturated heterocycles. The second kappa shape index (κ2) is 6.53. The van der Waals surface area contributed by atoms with Gasteiger partial charge in [-0.1, -0.05) is 6.07 Å². The molecule has 0 atom stereocenters. The maximum atomic E-state index is 12.2. The SMILES string of the molecule is CC(C)NC(=O)c1c(N)nsc1N(C)Cc1ccccn1. The summed E-state index contributed by atoms with van der Waals surface area (Å²) in [4.78, 5) is 18.5. The Hall–Kier alpha value is -2.15. The molecule has 6 nitrogen and oxygen atoms in total. The van der Waals surface area contributed by atoms with Crippen molar-refractivity contribution >= 4 is 28.3 Å². The van der Waals surface area contributed by atoms with Gasteiger partial charge in [-0.15, -0.1) is 0 Å². The van der Waals surface area contributed by atoms with E-state index in [4.69, 9.17) is 5.73 Å². The third kappa shape index (κ3) is 3.69. The topological polar surface area (TPSA) is 84.1 Å². The zero-order valence-electron chi connectivity index (χ0n) is 12.3. The molecule has 1 amide bonds. The van der Waals surface area contributed by atoms with E-state index in [1.807, 2.05) is 44.0 Å². The van der Waals surface area contributed by atoms with E-state index in [0.29, 0.717) is 12.1 Å². The molecule has 2 aromatic heterocycles. The van der Waals surface area contributed by atoms with Gasteiger partial charge >= 0.3 is 0 Å². The number of rotatable bonds is 5. The maximum Gasteiger partial charge on any atom is 0.258 e. The Morgan fingerprint density at radius 2 is 2.24 bits per heavy atom. The molecule has 2 heterocycles. The summed E-state index contributed by atoms with van der Waals surface area (Å²) in [6.45, 7) is 4.40. The van der Waals surface area contributed by atoms with Crippen molar-refractivity contribution in [3.8, 4) is 0 Å². The maximum absolute atomic E-state index is 12.2. The summed E-state index contributed by atoms with van der Waals surface area (Å²) in [6, 6.07) is 5.79. The monoisotopic (exact) mass is 305 g/mol. The highest BCUT2D eigenvalue weighted by atomic mass is 32.1. The van der Waals surface area contributed by atoms with Gasteiger partial charge in [0.2, 0.25) is 0 Å². The summed E-state index contributed by atoms with van der Waals surface area (Å²) in [5.74, 6) is 0.0696. The van der Waals surface area contributed by atoms with Crippen LogP contribution < -0.4 is 16.0 Å². The van der Waals surface area contributed by atoms with E-state index < -0.39 is 0 Å². The molecule has 0 bridgehead atoms. The summed E-state index contributed by atoms with van der Waals surface area (Å²) < 4.78 is 4.10. The lowest BCUT2D eigenvalue weighted by Crippen LogP contribution is -2.31. The molecule has 0 aliphatic heterocycles. The number of hydrogen-bond donors (Lipinski definition) is 2. The van der Waals surface area contributed by atoms with E-state index in [-0.39, 0.29) is 17.8 Å². The third-order valence-corrected chi connectivity index (χ3v) is 3.80. The summed E-state index contributed by atoms with van der Waals surface area (Å²) in [6.07, 6.45) is 1.75. The van der Waals surface area contributed by atoms with E-state index in [9.17, 15) is 4.79 Å². The Morgan fingerprint density at radius 3 is 2.86 bits per heavy atom. The number of nitrogens with one attached hydrogen (secondary N) is 1. The number of nitrogens with two attached hydrogens (primary N) is 1. The van der Waals surface area contributed by atoms with Crippen LogP contribution in [0.4, 0.5) is 10.8 Å². The Bertz CT molecular complexity index is 611. The molecule has 3 N–H and O–H groups in total. The molecule has 0 spiro atoms. The molecule has 0 radical (unpaired) electrons. The van der Waals surface area contributed by atoms with Gasteiger partial charge in [-0.05, 0) is 37.5 Å². The van der Waals surface area contributed by atoms with Crippen molar-refractivity contribution in [1.29, 1.82) is 0 Å². The highest BCUT2D eigenvalue weighted by Crippen LogP contribution is 2.30. The van der Waals surface area contributed by atoms with Crippen LogP contribution in [0, 0.1) is 0 Å². The molecule has 0 fully saturated rings. The number of carbonyl (C=O) groups excluding carboxylic acids is 1. The van der Waals surface area contributed by atoms with Crippen LogP contribution in [-0.4, -0.2) is 28.4 Å². The molecule has 112 valence electrons. The number of anilines is 2. The normalized spacial score (nSPS) is 10.7. The molecule has 0 aromatic carbocycles. The highest BCUT2D eigenvalue weighted by molar-refractivity contribution is 7.11. The molecule has 2 aromatic rings. The van der Waals surface area contributed by atoms with Crippen molar-refractivity contribution in [3.05, 3.63) is 35.7 Å². The smallest absolute Gasteiger partial charge is 0.258 e. The fourth-order valence-corrected chi connectivity index (χ4v) is 2.68. The van der Waals surface area contributed by atoms with E-state index in [1.54, 1.807) is 6.20 Å². The van der Waals surface area contributed by atoms with Crippen molar-refractivity contribution in [2.24, 2.45) is 0 Å². The summed E-state index contributed by atoms with van der Waals surface area (Å²) in [5.41, 5.74) is 7.20. The minimum Gasteiger partial charge on any atom is -0.382 e. The van der Waals surface area contributed by atoms with Crippen LogP contribution in [0.1, 0.15) is 29.9 Å². The number of hydrogen-bond acceptors (Lipinski definition) is 6. The summed E-state index contributed by atoms with van der Waals surface area (Å²) in [7, 11) is 1.90. The molecule has 0 aliphatic carbocycles. The van der Waals surface area contributed by atoms with Crippen LogP contribution in [0.5, 0.6) is 0 Å². The zero-order chi connectivity index (χ0) is 15.4. The highest BCUT2D eigenvalue weighted by Gasteiger charge is 2.22.